The molecule has 2 rings (SSSR count). The van der Waals surface area contributed by atoms with Crippen LogP contribution in [0.5, 0.6) is 0 Å². The van der Waals surface area contributed by atoms with E-state index in [1.54, 1.807) is 0 Å². The van der Waals surface area contributed by atoms with E-state index in [9.17, 15) is 0 Å². The molecule has 1 fully saturated rings. The van der Waals surface area contributed by atoms with Crippen LogP contribution in [-0.2, 0) is 17.9 Å². The van der Waals surface area contributed by atoms with Gasteiger partial charge in [0.1, 0.15) is 6.61 Å². The van der Waals surface area contributed by atoms with Gasteiger partial charge in [0.25, 0.3) is 0 Å². The zero-order chi connectivity index (χ0) is 12.1. The first-order valence-electron chi connectivity index (χ1n) is 6.50. The topological polar surface area (TPSA) is 47.3 Å². The molecule has 0 aliphatic heterocycles. The molecule has 4 heteroatoms. The van der Waals surface area contributed by atoms with E-state index in [2.05, 4.69) is 17.4 Å². The van der Waals surface area contributed by atoms with Crippen molar-refractivity contribution in [1.29, 1.82) is 0 Å². The number of aromatic nitrogens is 1. The lowest BCUT2D eigenvalue weighted by molar-refractivity contribution is -0.0235. The number of nitrogens with one attached hydrogen (secondary N) is 1. The molecule has 1 aromatic rings. The van der Waals surface area contributed by atoms with Crippen LogP contribution in [0, 0.1) is 5.92 Å². The standard InChI is InChI=1S/C13H22N2O2/c1-10-5-3-4-6-13(10)16-9-12-7-11(8-14-2)15-17-12/h7,10,13-14H,3-6,8-9H2,1-2H3. The van der Waals surface area contributed by atoms with E-state index in [1.807, 2.05) is 13.1 Å². The fraction of sp³-hybridized carbons (Fsp3) is 0.769. The number of nitrogens with zero attached hydrogens (tertiary/aromatic N) is 1. The molecular formula is C13H22N2O2. The molecule has 1 heterocycles. The third kappa shape index (κ3) is 3.54. The van der Waals surface area contributed by atoms with Crippen LogP contribution >= 0.6 is 0 Å². The Labute approximate surface area is 103 Å². The zero-order valence-electron chi connectivity index (χ0n) is 10.7. The van der Waals surface area contributed by atoms with Gasteiger partial charge in [0.2, 0.25) is 0 Å². The minimum absolute atomic E-state index is 0.390. The summed E-state index contributed by atoms with van der Waals surface area (Å²) in [7, 11) is 1.90. The molecule has 1 N–H and O–H groups in total. The van der Waals surface area contributed by atoms with Gasteiger partial charge in [-0.3, -0.25) is 0 Å². The van der Waals surface area contributed by atoms with E-state index in [-0.39, 0.29) is 0 Å². The van der Waals surface area contributed by atoms with Gasteiger partial charge in [-0.1, -0.05) is 24.9 Å². The lowest BCUT2D eigenvalue weighted by Crippen LogP contribution is -2.25. The maximum absolute atomic E-state index is 5.92. The molecule has 2 atom stereocenters. The first-order valence-corrected chi connectivity index (χ1v) is 6.50. The van der Waals surface area contributed by atoms with E-state index < -0.39 is 0 Å². The van der Waals surface area contributed by atoms with Crippen molar-refractivity contribution in [3.05, 3.63) is 17.5 Å². The minimum Gasteiger partial charge on any atom is -0.370 e. The van der Waals surface area contributed by atoms with Gasteiger partial charge in [0.05, 0.1) is 11.8 Å². The number of ether oxygens (including phenoxy) is 1. The predicted octanol–water partition coefficient (Wildman–Crippen LogP) is 2.49. The Balaban J connectivity index is 1.79. The lowest BCUT2D eigenvalue weighted by atomic mass is 9.88. The van der Waals surface area contributed by atoms with Crippen molar-refractivity contribution in [2.24, 2.45) is 5.92 Å². The van der Waals surface area contributed by atoms with Gasteiger partial charge in [-0.25, -0.2) is 0 Å². The van der Waals surface area contributed by atoms with Gasteiger partial charge >= 0.3 is 0 Å². The maximum atomic E-state index is 5.92. The van der Waals surface area contributed by atoms with Gasteiger partial charge in [0.15, 0.2) is 5.76 Å². The van der Waals surface area contributed by atoms with Crippen LogP contribution in [0.15, 0.2) is 10.6 Å². The van der Waals surface area contributed by atoms with Gasteiger partial charge in [0, 0.05) is 12.6 Å². The Kier molecular flexibility index (Phi) is 4.57. The van der Waals surface area contributed by atoms with E-state index in [0.717, 1.165) is 18.0 Å². The third-order valence-electron chi connectivity index (χ3n) is 3.44. The van der Waals surface area contributed by atoms with E-state index >= 15 is 0 Å². The summed E-state index contributed by atoms with van der Waals surface area (Å²) < 4.78 is 11.1. The van der Waals surface area contributed by atoms with Crippen LogP contribution in [0.1, 0.15) is 44.1 Å². The molecule has 17 heavy (non-hydrogen) atoms. The average Bonchev–Trinajstić information content (AvgIpc) is 2.76. The number of hydrogen-bond donors (Lipinski definition) is 1. The molecule has 0 amide bonds. The van der Waals surface area contributed by atoms with Gasteiger partial charge < -0.3 is 14.6 Å². The highest BCUT2D eigenvalue weighted by molar-refractivity contribution is 5.04. The highest BCUT2D eigenvalue weighted by atomic mass is 16.5. The maximum Gasteiger partial charge on any atom is 0.162 e. The zero-order valence-corrected chi connectivity index (χ0v) is 10.7. The second-order valence-electron chi connectivity index (χ2n) is 4.93. The fourth-order valence-corrected chi connectivity index (χ4v) is 2.41. The van der Waals surface area contributed by atoms with Crippen molar-refractivity contribution in [2.45, 2.75) is 51.9 Å². The van der Waals surface area contributed by atoms with Crippen molar-refractivity contribution < 1.29 is 9.26 Å². The van der Waals surface area contributed by atoms with Gasteiger partial charge in [-0.2, -0.15) is 0 Å². The van der Waals surface area contributed by atoms with Crippen molar-refractivity contribution in [3.8, 4) is 0 Å². The molecule has 0 radical (unpaired) electrons. The second-order valence-corrected chi connectivity index (χ2v) is 4.93. The average molecular weight is 238 g/mol. The molecule has 0 spiro atoms. The van der Waals surface area contributed by atoms with Crippen molar-refractivity contribution in [2.75, 3.05) is 7.05 Å². The molecule has 0 aromatic carbocycles. The SMILES string of the molecule is CNCc1cc(COC2CCCCC2C)on1. The van der Waals surface area contributed by atoms with Crippen LogP contribution in [0.4, 0.5) is 0 Å². The van der Waals surface area contributed by atoms with Crippen LogP contribution in [0.25, 0.3) is 0 Å². The highest BCUT2D eigenvalue weighted by Crippen LogP contribution is 2.27. The fourth-order valence-electron chi connectivity index (χ4n) is 2.41. The summed E-state index contributed by atoms with van der Waals surface area (Å²) in [5.41, 5.74) is 0.933. The summed E-state index contributed by atoms with van der Waals surface area (Å²) in [4.78, 5) is 0. The van der Waals surface area contributed by atoms with Crippen LogP contribution < -0.4 is 5.32 Å². The molecule has 4 nitrogen and oxygen atoms in total. The molecule has 1 aliphatic rings. The molecule has 0 saturated heterocycles. The molecule has 1 aliphatic carbocycles. The van der Waals surface area contributed by atoms with Crippen LogP contribution in [0.2, 0.25) is 0 Å². The molecule has 1 saturated carbocycles. The number of hydrogen-bond acceptors (Lipinski definition) is 4. The van der Waals surface area contributed by atoms with Gasteiger partial charge in [-0.15, -0.1) is 0 Å². The normalized spacial score (nSPS) is 25.1. The summed E-state index contributed by atoms with van der Waals surface area (Å²) in [6, 6.07) is 1.96. The Bertz CT molecular complexity index is 338. The second kappa shape index (κ2) is 6.17. The van der Waals surface area contributed by atoms with E-state index in [4.69, 9.17) is 9.26 Å². The molecule has 96 valence electrons. The van der Waals surface area contributed by atoms with Crippen LogP contribution in [-0.4, -0.2) is 18.3 Å². The molecule has 1 aromatic heterocycles. The highest BCUT2D eigenvalue weighted by Gasteiger charge is 2.22. The van der Waals surface area contributed by atoms with Crippen molar-refractivity contribution >= 4 is 0 Å². The summed E-state index contributed by atoms with van der Waals surface area (Å²) in [5, 5.41) is 7.02. The minimum atomic E-state index is 0.390. The van der Waals surface area contributed by atoms with Crippen molar-refractivity contribution in [1.82, 2.24) is 10.5 Å². The van der Waals surface area contributed by atoms with E-state index in [0.29, 0.717) is 18.6 Å². The lowest BCUT2D eigenvalue weighted by Gasteiger charge is -2.28. The third-order valence-corrected chi connectivity index (χ3v) is 3.44. The monoisotopic (exact) mass is 238 g/mol. The Morgan fingerprint density at radius 1 is 1.47 bits per heavy atom. The first-order chi connectivity index (χ1) is 8.29. The molecule has 2 unspecified atom stereocenters. The first kappa shape index (κ1) is 12.6. The summed E-state index contributed by atoms with van der Waals surface area (Å²) in [6.45, 7) is 3.56. The number of rotatable bonds is 5. The van der Waals surface area contributed by atoms with E-state index in [1.165, 1.54) is 25.7 Å². The largest absolute Gasteiger partial charge is 0.370 e. The van der Waals surface area contributed by atoms with Gasteiger partial charge in [-0.05, 0) is 25.8 Å². The predicted molar refractivity (Wildman–Crippen MR) is 65.5 cm³/mol. The molecule has 0 bridgehead atoms. The quantitative estimate of drug-likeness (QED) is 0.856. The Hall–Kier alpha value is -0.870. The smallest absolute Gasteiger partial charge is 0.162 e. The summed E-state index contributed by atoms with van der Waals surface area (Å²) >= 11 is 0. The van der Waals surface area contributed by atoms with Crippen molar-refractivity contribution in [3.63, 3.8) is 0 Å². The molecular weight excluding hydrogens is 216 g/mol. The Morgan fingerprint density at radius 2 is 2.29 bits per heavy atom. The summed E-state index contributed by atoms with van der Waals surface area (Å²) in [5.74, 6) is 1.50. The summed E-state index contributed by atoms with van der Waals surface area (Å²) in [6.07, 6.45) is 5.48. The Morgan fingerprint density at radius 3 is 3.06 bits per heavy atom. The van der Waals surface area contributed by atoms with Crippen LogP contribution in [0.3, 0.4) is 0 Å².